The molecule has 0 fully saturated rings. The van der Waals surface area contributed by atoms with Crippen molar-refractivity contribution < 1.29 is 0 Å². The molecule has 3 aromatic rings. The summed E-state index contributed by atoms with van der Waals surface area (Å²) in [7, 11) is 1.91. The van der Waals surface area contributed by atoms with Crippen LogP contribution < -0.4 is 5.73 Å². The quantitative estimate of drug-likeness (QED) is 0.745. The lowest BCUT2D eigenvalue weighted by Gasteiger charge is -1.98. The zero-order chi connectivity index (χ0) is 12.7. The zero-order valence-corrected chi connectivity index (χ0v) is 10.5. The molecule has 0 aliphatic rings. The zero-order valence-electron chi connectivity index (χ0n) is 10.5. The number of nitrogen functional groups attached to an aromatic ring is 1. The van der Waals surface area contributed by atoms with Crippen molar-refractivity contribution >= 4 is 11.5 Å². The van der Waals surface area contributed by atoms with Gasteiger partial charge in [-0.05, 0) is 18.6 Å². The summed E-state index contributed by atoms with van der Waals surface area (Å²) in [4.78, 5) is 4.59. The van der Waals surface area contributed by atoms with Crippen LogP contribution in [0.15, 0.2) is 30.6 Å². The van der Waals surface area contributed by atoms with E-state index in [0.29, 0.717) is 5.82 Å². The van der Waals surface area contributed by atoms with Crippen molar-refractivity contribution in [3.63, 3.8) is 0 Å². The molecule has 0 saturated heterocycles. The SMILES string of the molecule is CCc1nn(C)cc1-c1nc2ccccn2c1N. The van der Waals surface area contributed by atoms with E-state index in [4.69, 9.17) is 5.73 Å². The normalized spacial score (nSPS) is 11.2. The number of fused-ring (bicyclic) bond motifs is 1. The minimum absolute atomic E-state index is 0.660. The second kappa shape index (κ2) is 3.87. The molecule has 0 amide bonds. The van der Waals surface area contributed by atoms with Crippen molar-refractivity contribution in [2.75, 3.05) is 5.73 Å². The molecule has 3 heterocycles. The Bertz CT molecular complexity index is 707. The molecule has 5 nitrogen and oxygen atoms in total. The van der Waals surface area contributed by atoms with Gasteiger partial charge in [-0.1, -0.05) is 13.0 Å². The second-order valence-electron chi connectivity index (χ2n) is 4.29. The van der Waals surface area contributed by atoms with Gasteiger partial charge in [-0.15, -0.1) is 0 Å². The van der Waals surface area contributed by atoms with Gasteiger partial charge in [0.2, 0.25) is 0 Å². The molecule has 3 rings (SSSR count). The van der Waals surface area contributed by atoms with Gasteiger partial charge in [-0.3, -0.25) is 9.08 Å². The van der Waals surface area contributed by atoms with Crippen LogP contribution in [0.3, 0.4) is 0 Å². The van der Waals surface area contributed by atoms with E-state index in [1.165, 1.54) is 0 Å². The first-order valence-electron chi connectivity index (χ1n) is 5.96. The van der Waals surface area contributed by atoms with Crippen LogP contribution in [0.4, 0.5) is 5.82 Å². The Balaban J connectivity index is 2.28. The molecule has 0 saturated carbocycles. The van der Waals surface area contributed by atoms with Crippen molar-refractivity contribution in [2.24, 2.45) is 7.05 Å². The predicted molar refractivity (Wildman–Crippen MR) is 71.2 cm³/mol. The molecule has 0 aliphatic heterocycles. The summed E-state index contributed by atoms with van der Waals surface area (Å²) in [6.45, 7) is 2.08. The average Bonchev–Trinajstić information content (AvgIpc) is 2.91. The highest BCUT2D eigenvalue weighted by atomic mass is 15.3. The summed E-state index contributed by atoms with van der Waals surface area (Å²) in [5.41, 5.74) is 9.87. The first-order valence-corrected chi connectivity index (χ1v) is 5.96. The van der Waals surface area contributed by atoms with Crippen LogP contribution in [0.1, 0.15) is 12.6 Å². The topological polar surface area (TPSA) is 61.1 Å². The Hall–Kier alpha value is -2.30. The number of hydrogen-bond donors (Lipinski definition) is 1. The fraction of sp³-hybridized carbons (Fsp3) is 0.231. The molecule has 2 N–H and O–H groups in total. The van der Waals surface area contributed by atoms with Gasteiger partial charge < -0.3 is 5.73 Å². The van der Waals surface area contributed by atoms with Crippen LogP contribution >= 0.6 is 0 Å². The molecule has 0 radical (unpaired) electrons. The van der Waals surface area contributed by atoms with Crippen LogP contribution in [0, 0.1) is 0 Å². The monoisotopic (exact) mass is 241 g/mol. The molecule has 3 aromatic heterocycles. The maximum Gasteiger partial charge on any atom is 0.139 e. The number of hydrogen-bond acceptors (Lipinski definition) is 3. The molecular formula is C13H15N5. The lowest BCUT2D eigenvalue weighted by Crippen LogP contribution is -1.94. The van der Waals surface area contributed by atoms with Crippen LogP contribution in [-0.2, 0) is 13.5 Å². The van der Waals surface area contributed by atoms with Gasteiger partial charge in [0.25, 0.3) is 0 Å². The van der Waals surface area contributed by atoms with Gasteiger partial charge in [0.05, 0.1) is 5.69 Å². The summed E-state index contributed by atoms with van der Waals surface area (Å²) in [6, 6.07) is 5.84. The van der Waals surface area contributed by atoms with Crippen LogP contribution in [-0.4, -0.2) is 19.2 Å². The van der Waals surface area contributed by atoms with Gasteiger partial charge in [0, 0.05) is 25.0 Å². The molecule has 0 aromatic carbocycles. The molecule has 92 valence electrons. The number of anilines is 1. The fourth-order valence-corrected chi connectivity index (χ4v) is 2.21. The predicted octanol–water partition coefficient (Wildman–Crippen LogP) is 1.88. The number of nitrogens with two attached hydrogens (primary N) is 1. The minimum atomic E-state index is 0.660. The molecule has 0 spiro atoms. The fourth-order valence-electron chi connectivity index (χ4n) is 2.21. The number of rotatable bonds is 2. The second-order valence-corrected chi connectivity index (χ2v) is 4.29. The Morgan fingerprint density at radius 3 is 2.89 bits per heavy atom. The third-order valence-corrected chi connectivity index (χ3v) is 3.06. The Kier molecular flexibility index (Phi) is 2.33. The third kappa shape index (κ3) is 1.48. The molecular weight excluding hydrogens is 226 g/mol. The van der Waals surface area contributed by atoms with E-state index in [1.807, 2.05) is 42.0 Å². The first kappa shape index (κ1) is 10.8. The highest BCUT2D eigenvalue weighted by molar-refractivity contribution is 5.76. The smallest absolute Gasteiger partial charge is 0.139 e. The van der Waals surface area contributed by atoms with Crippen LogP contribution in [0.5, 0.6) is 0 Å². The molecule has 0 bridgehead atoms. The number of aromatic nitrogens is 4. The van der Waals surface area contributed by atoms with Crippen molar-refractivity contribution in [2.45, 2.75) is 13.3 Å². The minimum Gasteiger partial charge on any atom is -0.383 e. The molecule has 5 heteroatoms. The Labute approximate surface area is 105 Å². The van der Waals surface area contributed by atoms with E-state index in [0.717, 1.165) is 29.0 Å². The lowest BCUT2D eigenvalue weighted by atomic mass is 10.1. The van der Waals surface area contributed by atoms with E-state index in [1.54, 1.807) is 4.68 Å². The maximum absolute atomic E-state index is 6.17. The van der Waals surface area contributed by atoms with Gasteiger partial charge in [-0.25, -0.2) is 4.98 Å². The largest absolute Gasteiger partial charge is 0.383 e. The highest BCUT2D eigenvalue weighted by Crippen LogP contribution is 2.28. The molecule has 18 heavy (non-hydrogen) atoms. The van der Waals surface area contributed by atoms with E-state index in [2.05, 4.69) is 17.0 Å². The summed E-state index contributed by atoms with van der Waals surface area (Å²) in [5.74, 6) is 0.660. The maximum atomic E-state index is 6.17. The van der Waals surface area contributed by atoms with Crippen molar-refractivity contribution in [3.05, 3.63) is 36.3 Å². The average molecular weight is 241 g/mol. The summed E-state index contributed by atoms with van der Waals surface area (Å²) in [6.07, 6.45) is 4.75. The molecule has 0 atom stereocenters. The third-order valence-electron chi connectivity index (χ3n) is 3.06. The van der Waals surface area contributed by atoms with E-state index >= 15 is 0 Å². The number of aryl methyl sites for hydroxylation is 2. The van der Waals surface area contributed by atoms with Crippen LogP contribution in [0.2, 0.25) is 0 Å². The first-order chi connectivity index (χ1) is 8.70. The van der Waals surface area contributed by atoms with Gasteiger partial charge >= 0.3 is 0 Å². The number of imidazole rings is 1. The number of pyridine rings is 1. The van der Waals surface area contributed by atoms with E-state index < -0.39 is 0 Å². The Morgan fingerprint density at radius 2 is 2.17 bits per heavy atom. The van der Waals surface area contributed by atoms with Gasteiger partial charge in [0.15, 0.2) is 0 Å². The summed E-state index contributed by atoms with van der Waals surface area (Å²) in [5, 5.41) is 4.43. The molecule has 0 unspecified atom stereocenters. The summed E-state index contributed by atoms with van der Waals surface area (Å²) < 4.78 is 3.69. The van der Waals surface area contributed by atoms with Crippen molar-refractivity contribution in [1.82, 2.24) is 19.2 Å². The van der Waals surface area contributed by atoms with Gasteiger partial charge in [-0.2, -0.15) is 5.10 Å². The highest BCUT2D eigenvalue weighted by Gasteiger charge is 2.16. The summed E-state index contributed by atoms with van der Waals surface area (Å²) >= 11 is 0. The standard InChI is InChI=1S/C13H15N5/c1-3-10-9(8-17(2)16-10)12-13(14)18-7-5-4-6-11(18)15-12/h4-8H,3,14H2,1-2H3. The van der Waals surface area contributed by atoms with Crippen LogP contribution in [0.25, 0.3) is 16.9 Å². The van der Waals surface area contributed by atoms with Gasteiger partial charge in [0.1, 0.15) is 17.2 Å². The van der Waals surface area contributed by atoms with E-state index in [9.17, 15) is 0 Å². The Morgan fingerprint density at radius 1 is 1.33 bits per heavy atom. The van der Waals surface area contributed by atoms with Crippen molar-refractivity contribution in [3.8, 4) is 11.3 Å². The van der Waals surface area contributed by atoms with Crippen molar-refractivity contribution in [1.29, 1.82) is 0 Å². The van der Waals surface area contributed by atoms with E-state index in [-0.39, 0.29) is 0 Å². The number of nitrogens with zero attached hydrogens (tertiary/aromatic N) is 4. The molecule has 0 aliphatic carbocycles. The lowest BCUT2D eigenvalue weighted by molar-refractivity contribution is 0.746.